The van der Waals surface area contributed by atoms with Crippen LogP contribution in [-0.4, -0.2) is 31.8 Å². The van der Waals surface area contributed by atoms with Gasteiger partial charge in [0.25, 0.3) is 0 Å². The molecule has 1 aliphatic rings. The number of hydrogen-bond donors (Lipinski definition) is 2. The maximum atomic E-state index is 12.2. The summed E-state index contributed by atoms with van der Waals surface area (Å²) in [4.78, 5) is 28.1. The Hall–Kier alpha value is -3.55. The predicted octanol–water partition coefficient (Wildman–Crippen LogP) is 2.00. The molecule has 0 bridgehead atoms. The van der Waals surface area contributed by atoms with Crippen LogP contribution >= 0.6 is 0 Å². The molecule has 0 radical (unpaired) electrons. The van der Waals surface area contributed by atoms with E-state index in [1.165, 1.54) is 4.68 Å². The topological polar surface area (TPSA) is 102 Å². The third-order valence-electron chi connectivity index (χ3n) is 4.43. The van der Waals surface area contributed by atoms with Crippen LogP contribution in [0.2, 0.25) is 0 Å². The molecule has 8 heteroatoms. The van der Waals surface area contributed by atoms with Crippen molar-refractivity contribution in [2.45, 2.75) is 25.9 Å². The molecule has 2 aromatic heterocycles. The van der Waals surface area contributed by atoms with E-state index in [9.17, 15) is 9.59 Å². The van der Waals surface area contributed by atoms with Crippen molar-refractivity contribution in [1.82, 2.24) is 25.3 Å². The monoisotopic (exact) mass is 376 g/mol. The van der Waals surface area contributed by atoms with Crippen molar-refractivity contribution < 1.29 is 9.59 Å². The number of carbonyl (C=O) groups is 2. The lowest BCUT2D eigenvalue weighted by Gasteiger charge is -2.08. The van der Waals surface area contributed by atoms with E-state index in [-0.39, 0.29) is 24.3 Å². The first-order valence-corrected chi connectivity index (χ1v) is 9.14. The second-order valence-corrected chi connectivity index (χ2v) is 6.78. The van der Waals surface area contributed by atoms with E-state index in [1.807, 2.05) is 36.4 Å². The van der Waals surface area contributed by atoms with Gasteiger partial charge in [-0.05, 0) is 42.7 Å². The van der Waals surface area contributed by atoms with Crippen molar-refractivity contribution in [3.8, 4) is 11.3 Å². The summed E-state index contributed by atoms with van der Waals surface area (Å²) in [6, 6.07) is 11.2. The molecular formula is C20H20N6O2. The molecule has 8 nitrogen and oxygen atoms in total. The van der Waals surface area contributed by atoms with Gasteiger partial charge >= 0.3 is 0 Å². The van der Waals surface area contributed by atoms with Gasteiger partial charge in [0.2, 0.25) is 11.8 Å². The van der Waals surface area contributed by atoms with Gasteiger partial charge in [-0.15, -0.1) is 5.10 Å². The Morgan fingerprint density at radius 3 is 2.86 bits per heavy atom. The van der Waals surface area contributed by atoms with E-state index in [0.717, 1.165) is 29.7 Å². The molecule has 142 valence electrons. The Morgan fingerprint density at radius 1 is 1.18 bits per heavy atom. The fraction of sp³-hybridized carbons (Fsp3) is 0.250. The van der Waals surface area contributed by atoms with Crippen molar-refractivity contribution in [1.29, 1.82) is 0 Å². The molecule has 2 heterocycles. The second kappa shape index (κ2) is 7.99. The minimum absolute atomic E-state index is 0.0665. The molecular weight excluding hydrogens is 356 g/mol. The molecule has 2 amide bonds. The van der Waals surface area contributed by atoms with E-state index in [2.05, 4.69) is 25.9 Å². The average molecular weight is 376 g/mol. The first-order chi connectivity index (χ1) is 13.7. The molecule has 1 saturated carbocycles. The van der Waals surface area contributed by atoms with E-state index in [4.69, 9.17) is 0 Å². The van der Waals surface area contributed by atoms with E-state index in [0.29, 0.717) is 12.2 Å². The number of rotatable bonds is 7. The average Bonchev–Trinajstić information content (AvgIpc) is 3.47. The number of nitrogens with one attached hydrogen (secondary N) is 2. The van der Waals surface area contributed by atoms with Gasteiger partial charge in [-0.3, -0.25) is 14.6 Å². The highest BCUT2D eigenvalue weighted by molar-refractivity contribution is 5.94. The lowest BCUT2D eigenvalue weighted by Crippen LogP contribution is -2.27. The van der Waals surface area contributed by atoms with Crippen molar-refractivity contribution in [3.63, 3.8) is 0 Å². The van der Waals surface area contributed by atoms with E-state index < -0.39 is 0 Å². The van der Waals surface area contributed by atoms with Crippen LogP contribution in [0.25, 0.3) is 11.3 Å². The summed E-state index contributed by atoms with van der Waals surface area (Å²) < 4.78 is 1.49. The Bertz CT molecular complexity index is 981. The summed E-state index contributed by atoms with van der Waals surface area (Å²) in [5, 5.41) is 13.8. The number of pyridine rings is 1. The fourth-order valence-electron chi connectivity index (χ4n) is 2.77. The summed E-state index contributed by atoms with van der Waals surface area (Å²) in [7, 11) is 0. The summed E-state index contributed by atoms with van der Waals surface area (Å²) >= 11 is 0. The zero-order valence-electron chi connectivity index (χ0n) is 15.2. The molecule has 0 atom stereocenters. The lowest BCUT2D eigenvalue weighted by molar-refractivity contribution is -0.122. The van der Waals surface area contributed by atoms with E-state index >= 15 is 0 Å². The van der Waals surface area contributed by atoms with Crippen LogP contribution in [0.5, 0.6) is 0 Å². The first kappa shape index (κ1) is 17.8. The molecule has 3 aromatic rings. The van der Waals surface area contributed by atoms with Crippen LogP contribution < -0.4 is 10.6 Å². The fourth-order valence-corrected chi connectivity index (χ4v) is 2.77. The third-order valence-corrected chi connectivity index (χ3v) is 4.43. The van der Waals surface area contributed by atoms with Crippen molar-refractivity contribution >= 4 is 17.5 Å². The van der Waals surface area contributed by atoms with Crippen LogP contribution in [-0.2, 0) is 22.7 Å². The minimum Gasteiger partial charge on any atom is -0.350 e. The number of amides is 2. The van der Waals surface area contributed by atoms with Gasteiger partial charge in [-0.1, -0.05) is 17.3 Å². The maximum absolute atomic E-state index is 12.2. The number of benzene rings is 1. The van der Waals surface area contributed by atoms with Gasteiger partial charge in [0, 0.05) is 36.1 Å². The van der Waals surface area contributed by atoms with Crippen LogP contribution in [0.1, 0.15) is 18.4 Å². The van der Waals surface area contributed by atoms with Gasteiger partial charge < -0.3 is 10.6 Å². The molecule has 0 aliphatic heterocycles. The van der Waals surface area contributed by atoms with Crippen molar-refractivity contribution in [2.75, 3.05) is 5.32 Å². The van der Waals surface area contributed by atoms with Gasteiger partial charge in [-0.2, -0.15) is 0 Å². The molecule has 1 aliphatic carbocycles. The Kier molecular flexibility index (Phi) is 5.09. The second-order valence-electron chi connectivity index (χ2n) is 6.78. The summed E-state index contributed by atoms with van der Waals surface area (Å²) in [5.74, 6) is 0.0504. The number of anilines is 1. The zero-order valence-corrected chi connectivity index (χ0v) is 15.2. The van der Waals surface area contributed by atoms with E-state index in [1.54, 1.807) is 18.6 Å². The third kappa shape index (κ3) is 4.59. The molecule has 4 rings (SSSR count). The highest BCUT2D eigenvalue weighted by Crippen LogP contribution is 2.30. The SMILES string of the molecule is O=C(Cn1cc(-c2cccnc2)nn1)NCc1cccc(NC(=O)C2CC2)c1. The van der Waals surface area contributed by atoms with Gasteiger partial charge in [0.1, 0.15) is 12.2 Å². The number of aromatic nitrogens is 4. The normalized spacial score (nSPS) is 13.1. The smallest absolute Gasteiger partial charge is 0.242 e. The Labute approximate surface area is 162 Å². The number of hydrogen-bond acceptors (Lipinski definition) is 5. The highest BCUT2D eigenvalue weighted by Gasteiger charge is 2.29. The van der Waals surface area contributed by atoms with Crippen LogP contribution in [0.4, 0.5) is 5.69 Å². The van der Waals surface area contributed by atoms with Crippen molar-refractivity contribution in [2.24, 2.45) is 5.92 Å². The minimum atomic E-state index is -0.171. The Morgan fingerprint density at radius 2 is 2.07 bits per heavy atom. The summed E-state index contributed by atoms with van der Waals surface area (Å²) in [6.07, 6.45) is 7.03. The first-order valence-electron chi connectivity index (χ1n) is 9.14. The highest BCUT2D eigenvalue weighted by atomic mass is 16.2. The van der Waals surface area contributed by atoms with Gasteiger partial charge in [-0.25, -0.2) is 4.68 Å². The van der Waals surface area contributed by atoms with Crippen LogP contribution in [0.3, 0.4) is 0 Å². The molecule has 1 aromatic carbocycles. The molecule has 2 N–H and O–H groups in total. The molecule has 0 saturated heterocycles. The molecule has 1 fully saturated rings. The number of carbonyl (C=O) groups excluding carboxylic acids is 2. The van der Waals surface area contributed by atoms with Crippen molar-refractivity contribution in [3.05, 3.63) is 60.6 Å². The standard InChI is InChI=1S/C20H20N6O2/c27-19(13-26-12-18(24-25-26)16-4-2-8-21-11-16)22-10-14-3-1-5-17(9-14)23-20(28)15-6-7-15/h1-5,8-9,11-12,15H,6-7,10,13H2,(H,22,27)(H,23,28). The lowest BCUT2D eigenvalue weighted by atomic mass is 10.2. The maximum Gasteiger partial charge on any atom is 0.242 e. The van der Waals surface area contributed by atoms with Gasteiger partial charge in [0.05, 0.1) is 6.20 Å². The molecule has 0 unspecified atom stereocenters. The largest absolute Gasteiger partial charge is 0.350 e. The molecule has 0 spiro atoms. The Balaban J connectivity index is 1.30. The number of nitrogens with zero attached hydrogens (tertiary/aromatic N) is 4. The van der Waals surface area contributed by atoms with Crippen LogP contribution in [0, 0.1) is 5.92 Å². The summed E-state index contributed by atoms with van der Waals surface area (Å²) in [5.41, 5.74) is 3.18. The predicted molar refractivity (Wildman–Crippen MR) is 103 cm³/mol. The quantitative estimate of drug-likeness (QED) is 0.657. The molecule has 28 heavy (non-hydrogen) atoms. The summed E-state index contributed by atoms with van der Waals surface area (Å²) in [6.45, 7) is 0.446. The van der Waals surface area contributed by atoms with Crippen LogP contribution in [0.15, 0.2) is 55.0 Å². The van der Waals surface area contributed by atoms with Gasteiger partial charge in [0.15, 0.2) is 0 Å². The zero-order chi connectivity index (χ0) is 19.3.